The van der Waals surface area contributed by atoms with E-state index in [0.717, 1.165) is 31.3 Å². The fourth-order valence-corrected chi connectivity index (χ4v) is 2.55. The lowest BCUT2D eigenvalue weighted by molar-refractivity contribution is 0.352. The molecule has 0 radical (unpaired) electrons. The van der Waals surface area contributed by atoms with Crippen molar-refractivity contribution in [1.29, 1.82) is 0 Å². The number of rotatable bonds is 6. The summed E-state index contributed by atoms with van der Waals surface area (Å²) in [6.45, 7) is 12.2. The molecular formula is C14H26N4. The Balaban J connectivity index is 1.83. The number of aromatic nitrogens is 2. The van der Waals surface area contributed by atoms with Crippen LogP contribution in [0.25, 0.3) is 0 Å². The highest BCUT2D eigenvalue weighted by Crippen LogP contribution is 2.12. The minimum absolute atomic E-state index is 0.651. The molecule has 0 bridgehead atoms. The molecule has 18 heavy (non-hydrogen) atoms. The van der Waals surface area contributed by atoms with E-state index in [1.165, 1.54) is 25.9 Å². The molecule has 1 saturated heterocycles. The van der Waals surface area contributed by atoms with Crippen molar-refractivity contribution in [3.05, 3.63) is 11.9 Å². The lowest BCUT2D eigenvalue weighted by atomic mass is 10.2. The topological polar surface area (TPSA) is 33.1 Å². The van der Waals surface area contributed by atoms with Crippen LogP contribution in [0.4, 0.5) is 5.95 Å². The third-order valence-corrected chi connectivity index (χ3v) is 3.37. The number of likely N-dealkylation sites (tertiary alicyclic amines) is 1. The largest absolute Gasteiger partial charge is 0.354 e. The summed E-state index contributed by atoms with van der Waals surface area (Å²) < 4.78 is 2.24. The number of anilines is 1. The van der Waals surface area contributed by atoms with E-state index < -0.39 is 0 Å². The molecule has 1 aliphatic heterocycles. The number of hydrogen-bond donors (Lipinski definition) is 1. The average Bonchev–Trinajstić information content (AvgIpc) is 2.89. The second-order valence-corrected chi connectivity index (χ2v) is 5.73. The first kappa shape index (κ1) is 13.4. The summed E-state index contributed by atoms with van der Waals surface area (Å²) in [4.78, 5) is 7.08. The van der Waals surface area contributed by atoms with Crippen LogP contribution in [0.3, 0.4) is 0 Å². The molecule has 4 nitrogen and oxygen atoms in total. The smallest absolute Gasteiger partial charge is 0.203 e. The van der Waals surface area contributed by atoms with Gasteiger partial charge >= 0.3 is 0 Å². The molecule has 0 unspecified atom stereocenters. The van der Waals surface area contributed by atoms with Gasteiger partial charge in [0.05, 0.1) is 5.69 Å². The maximum Gasteiger partial charge on any atom is 0.203 e. The van der Waals surface area contributed by atoms with Crippen molar-refractivity contribution in [2.24, 2.45) is 5.92 Å². The number of hydrogen-bond acceptors (Lipinski definition) is 3. The van der Waals surface area contributed by atoms with Gasteiger partial charge in [-0.25, -0.2) is 4.98 Å². The lowest BCUT2D eigenvalue weighted by Crippen LogP contribution is -2.26. The summed E-state index contributed by atoms with van der Waals surface area (Å²) in [5.41, 5.74) is 1.10. The zero-order valence-corrected chi connectivity index (χ0v) is 11.9. The quantitative estimate of drug-likeness (QED) is 0.841. The third kappa shape index (κ3) is 3.73. The van der Waals surface area contributed by atoms with Crippen LogP contribution in [-0.2, 0) is 6.54 Å². The summed E-state index contributed by atoms with van der Waals surface area (Å²) in [6, 6.07) is 0. The normalized spacial score (nSPS) is 16.7. The first-order valence-electron chi connectivity index (χ1n) is 7.15. The zero-order valence-electron chi connectivity index (χ0n) is 11.9. The minimum Gasteiger partial charge on any atom is -0.354 e. The summed E-state index contributed by atoms with van der Waals surface area (Å²) in [7, 11) is 0. The van der Waals surface area contributed by atoms with Crippen molar-refractivity contribution in [2.75, 3.05) is 31.5 Å². The Morgan fingerprint density at radius 3 is 2.72 bits per heavy atom. The van der Waals surface area contributed by atoms with E-state index in [4.69, 9.17) is 0 Å². The maximum absolute atomic E-state index is 4.56. The molecule has 0 spiro atoms. The van der Waals surface area contributed by atoms with Gasteiger partial charge in [0.2, 0.25) is 5.95 Å². The second-order valence-electron chi connectivity index (χ2n) is 5.73. The van der Waals surface area contributed by atoms with Gasteiger partial charge < -0.3 is 14.8 Å². The first-order valence-corrected chi connectivity index (χ1v) is 7.15. The van der Waals surface area contributed by atoms with E-state index in [1.54, 1.807) is 0 Å². The van der Waals surface area contributed by atoms with Crippen LogP contribution < -0.4 is 5.32 Å². The van der Waals surface area contributed by atoms with Crippen molar-refractivity contribution in [3.8, 4) is 0 Å². The summed E-state index contributed by atoms with van der Waals surface area (Å²) >= 11 is 0. The van der Waals surface area contributed by atoms with Crippen LogP contribution in [0, 0.1) is 12.8 Å². The summed E-state index contributed by atoms with van der Waals surface area (Å²) in [5.74, 6) is 1.68. The molecule has 0 aromatic carbocycles. The summed E-state index contributed by atoms with van der Waals surface area (Å²) in [5, 5.41) is 3.48. The molecule has 1 aliphatic rings. The number of aryl methyl sites for hydroxylation is 1. The number of nitrogens with zero attached hydrogens (tertiary/aromatic N) is 3. The van der Waals surface area contributed by atoms with E-state index in [0.29, 0.717) is 5.92 Å². The van der Waals surface area contributed by atoms with Gasteiger partial charge in [-0.2, -0.15) is 0 Å². The molecule has 0 saturated carbocycles. The first-order chi connectivity index (χ1) is 8.65. The monoisotopic (exact) mass is 250 g/mol. The Hall–Kier alpha value is -1.03. The summed E-state index contributed by atoms with van der Waals surface area (Å²) in [6.07, 6.45) is 4.86. The van der Waals surface area contributed by atoms with Crippen molar-refractivity contribution < 1.29 is 0 Å². The maximum atomic E-state index is 4.56. The third-order valence-electron chi connectivity index (χ3n) is 3.37. The second kappa shape index (κ2) is 6.23. The van der Waals surface area contributed by atoms with Gasteiger partial charge in [-0.1, -0.05) is 13.8 Å². The Bertz CT molecular complexity index is 364. The van der Waals surface area contributed by atoms with Gasteiger partial charge in [-0.3, -0.25) is 0 Å². The van der Waals surface area contributed by atoms with Crippen LogP contribution >= 0.6 is 0 Å². The van der Waals surface area contributed by atoms with Crippen LogP contribution in [0.2, 0.25) is 0 Å². The van der Waals surface area contributed by atoms with Crippen LogP contribution in [0.15, 0.2) is 6.20 Å². The fraction of sp³-hybridized carbons (Fsp3) is 0.786. The Morgan fingerprint density at radius 1 is 1.33 bits per heavy atom. The van der Waals surface area contributed by atoms with E-state index in [2.05, 4.69) is 46.7 Å². The molecule has 1 aromatic rings. The van der Waals surface area contributed by atoms with Gasteiger partial charge in [0.15, 0.2) is 0 Å². The van der Waals surface area contributed by atoms with Gasteiger partial charge in [-0.05, 0) is 38.8 Å². The molecular weight excluding hydrogens is 224 g/mol. The molecule has 1 aromatic heterocycles. The highest BCUT2D eigenvalue weighted by molar-refractivity contribution is 5.28. The molecule has 102 valence electrons. The van der Waals surface area contributed by atoms with Crippen molar-refractivity contribution >= 4 is 5.95 Å². The van der Waals surface area contributed by atoms with E-state index in [9.17, 15) is 0 Å². The molecule has 0 amide bonds. The highest BCUT2D eigenvalue weighted by Gasteiger charge is 2.11. The average molecular weight is 250 g/mol. The Labute approximate surface area is 110 Å². The van der Waals surface area contributed by atoms with Crippen molar-refractivity contribution in [2.45, 2.75) is 40.2 Å². The van der Waals surface area contributed by atoms with Crippen molar-refractivity contribution in [3.63, 3.8) is 0 Å². The molecule has 1 fully saturated rings. The molecule has 4 heteroatoms. The fourth-order valence-electron chi connectivity index (χ4n) is 2.55. The standard InChI is InChI=1S/C14H26N4/c1-12(2)10-18-11-13(3)16-14(18)15-6-9-17-7-4-5-8-17/h11-12H,4-10H2,1-3H3,(H,15,16). The predicted octanol–water partition coefficient (Wildman–Crippen LogP) is 2.36. The Morgan fingerprint density at radius 2 is 2.06 bits per heavy atom. The Kier molecular flexibility index (Phi) is 4.64. The van der Waals surface area contributed by atoms with Gasteiger partial charge in [0.25, 0.3) is 0 Å². The van der Waals surface area contributed by atoms with Crippen LogP contribution in [0.1, 0.15) is 32.4 Å². The van der Waals surface area contributed by atoms with E-state index >= 15 is 0 Å². The van der Waals surface area contributed by atoms with Crippen LogP contribution in [0.5, 0.6) is 0 Å². The minimum atomic E-state index is 0.651. The van der Waals surface area contributed by atoms with E-state index in [1.807, 2.05) is 0 Å². The zero-order chi connectivity index (χ0) is 13.0. The lowest BCUT2D eigenvalue weighted by Gasteiger charge is -2.16. The molecule has 2 rings (SSSR count). The highest BCUT2D eigenvalue weighted by atomic mass is 15.2. The van der Waals surface area contributed by atoms with Gasteiger partial charge in [0, 0.05) is 25.8 Å². The molecule has 2 heterocycles. The predicted molar refractivity (Wildman–Crippen MR) is 76.0 cm³/mol. The molecule has 0 atom stereocenters. The van der Waals surface area contributed by atoms with Gasteiger partial charge in [0.1, 0.15) is 0 Å². The number of imidazole rings is 1. The van der Waals surface area contributed by atoms with Gasteiger partial charge in [-0.15, -0.1) is 0 Å². The van der Waals surface area contributed by atoms with E-state index in [-0.39, 0.29) is 0 Å². The van der Waals surface area contributed by atoms with Crippen LogP contribution in [-0.4, -0.2) is 40.6 Å². The molecule has 0 aliphatic carbocycles. The van der Waals surface area contributed by atoms with Crippen molar-refractivity contribution in [1.82, 2.24) is 14.5 Å². The SMILES string of the molecule is Cc1cn(CC(C)C)c(NCCN2CCCC2)n1. The number of nitrogens with one attached hydrogen (secondary N) is 1. The molecule has 1 N–H and O–H groups in total.